The van der Waals surface area contributed by atoms with Crippen LogP contribution in [0, 0.1) is 0 Å². The largest absolute Gasteiger partial charge is 0.395 e. The molecule has 0 saturated carbocycles. The van der Waals surface area contributed by atoms with Crippen molar-refractivity contribution >= 4 is 17.7 Å². The molecule has 0 aromatic carbocycles. The summed E-state index contributed by atoms with van der Waals surface area (Å²) in [7, 11) is 0. The van der Waals surface area contributed by atoms with Gasteiger partial charge in [0.15, 0.2) is 0 Å². The standard InChI is InChI=1S/C9H13FN4O2S/c10-9(1-6(2-15)17-4-9)3-14-5-12-7(11)13-8(14)16/h5-6,15H,1-4H2,(H2,11,13,16)/t6-,9+/m0/s1. The van der Waals surface area contributed by atoms with Crippen molar-refractivity contribution in [2.24, 2.45) is 0 Å². The molecule has 1 aromatic rings. The van der Waals surface area contributed by atoms with Gasteiger partial charge in [-0.2, -0.15) is 16.7 Å². The predicted molar refractivity (Wildman–Crippen MR) is 62.5 cm³/mol. The molecule has 1 fully saturated rings. The second-order valence-corrected chi connectivity index (χ2v) is 5.38. The molecule has 17 heavy (non-hydrogen) atoms. The molecule has 2 atom stereocenters. The molecular formula is C9H13FN4O2S. The van der Waals surface area contributed by atoms with E-state index >= 15 is 0 Å². The van der Waals surface area contributed by atoms with Crippen molar-refractivity contribution in [2.45, 2.75) is 23.9 Å². The Bertz CT molecular complexity index is 469. The van der Waals surface area contributed by atoms with Crippen LogP contribution in [-0.4, -0.2) is 42.9 Å². The fourth-order valence-electron chi connectivity index (χ4n) is 1.80. The van der Waals surface area contributed by atoms with Crippen LogP contribution in [0.2, 0.25) is 0 Å². The SMILES string of the molecule is Nc1ncn(C[C@@]2(F)CS[C@H](CO)C2)c(=O)n1. The first-order valence-corrected chi connectivity index (χ1v) is 6.18. The molecule has 1 saturated heterocycles. The van der Waals surface area contributed by atoms with Gasteiger partial charge in [0.1, 0.15) is 12.0 Å². The topological polar surface area (TPSA) is 94.0 Å². The van der Waals surface area contributed by atoms with Gasteiger partial charge in [-0.25, -0.2) is 14.2 Å². The van der Waals surface area contributed by atoms with Gasteiger partial charge >= 0.3 is 5.69 Å². The van der Waals surface area contributed by atoms with E-state index in [1.54, 1.807) is 0 Å². The fourth-order valence-corrected chi connectivity index (χ4v) is 3.07. The van der Waals surface area contributed by atoms with Crippen molar-refractivity contribution in [3.05, 3.63) is 16.8 Å². The van der Waals surface area contributed by atoms with E-state index in [4.69, 9.17) is 10.8 Å². The van der Waals surface area contributed by atoms with Crippen LogP contribution in [-0.2, 0) is 6.54 Å². The Labute approximate surface area is 101 Å². The number of alkyl halides is 1. The summed E-state index contributed by atoms with van der Waals surface area (Å²) in [5, 5.41) is 8.85. The number of nitrogen functional groups attached to an aromatic ring is 1. The van der Waals surface area contributed by atoms with Crippen molar-refractivity contribution in [1.82, 2.24) is 14.5 Å². The number of halogens is 1. The third-order valence-electron chi connectivity index (χ3n) is 2.61. The van der Waals surface area contributed by atoms with E-state index in [9.17, 15) is 9.18 Å². The van der Waals surface area contributed by atoms with Crippen LogP contribution in [0.1, 0.15) is 6.42 Å². The number of aliphatic hydroxyl groups is 1. The predicted octanol–water partition coefficient (Wildman–Crippen LogP) is -0.573. The van der Waals surface area contributed by atoms with E-state index in [2.05, 4.69) is 9.97 Å². The molecule has 8 heteroatoms. The maximum absolute atomic E-state index is 14.3. The Balaban J connectivity index is 2.13. The summed E-state index contributed by atoms with van der Waals surface area (Å²) in [6.07, 6.45) is 1.42. The third kappa shape index (κ3) is 2.75. The van der Waals surface area contributed by atoms with E-state index in [-0.39, 0.29) is 36.5 Å². The number of rotatable bonds is 3. The lowest BCUT2D eigenvalue weighted by molar-refractivity contribution is 0.149. The molecule has 0 bridgehead atoms. The van der Waals surface area contributed by atoms with Crippen LogP contribution in [0.25, 0.3) is 0 Å². The summed E-state index contributed by atoms with van der Waals surface area (Å²) >= 11 is 1.37. The lowest BCUT2D eigenvalue weighted by atomic mass is 10.0. The van der Waals surface area contributed by atoms with E-state index in [0.717, 1.165) is 4.57 Å². The molecule has 94 valence electrons. The maximum Gasteiger partial charge on any atom is 0.352 e. The van der Waals surface area contributed by atoms with Gasteiger partial charge in [-0.15, -0.1) is 0 Å². The first kappa shape index (κ1) is 12.3. The Morgan fingerprint density at radius 3 is 3.12 bits per heavy atom. The number of aromatic nitrogens is 3. The van der Waals surface area contributed by atoms with Crippen molar-refractivity contribution in [2.75, 3.05) is 18.1 Å². The minimum Gasteiger partial charge on any atom is -0.395 e. The first-order chi connectivity index (χ1) is 8.02. The molecule has 0 spiro atoms. The van der Waals surface area contributed by atoms with Crippen LogP contribution in [0.5, 0.6) is 0 Å². The van der Waals surface area contributed by atoms with Crippen molar-refractivity contribution in [3.8, 4) is 0 Å². The molecule has 1 aliphatic heterocycles. The normalized spacial score (nSPS) is 28.5. The highest BCUT2D eigenvalue weighted by atomic mass is 32.2. The monoisotopic (exact) mass is 260 g/mol. The maximum atomic E-state index is 14.3. The molecule has 6 nitrogen and oxygen atoms in total. The van der Waals surface area contributed by atoms with Gasteiger partial charge in [-0.3, -0.25) is 4.57 Å². The van der Waals surface area contributed by atoms with E-state index in [1.807, 2.05) is 0 Å². The van der Waals surface area contributed by atoms with Gasteiger partial charge in [0.25, 0.3) is 0 Å². The Morgan fingerprint density at radius 1 is 1.76 bits per heavy atom. The second-order valence-electron chi connectivity index (χ2n) is 4.10. The van der Waals surface area contributed by atoms with E-state index in [1.165, 1.54) is 18.1 Å². The zero-order chi connectivity index (χ0) is 12.5. The van der Waals surface area contributed by atoms with E-state index in [0.29, 0.717) is 0 Å². The number of nitrogens with two attached hydrogens (primary N) is 1. The summed E-state index contributed by atoms with van der Waals surface area (Å²) in [6.45, 7) is -0.154. The molecule has 1 aromatic heterocycles. The van der Waals surface area contributed by atoms with Crippen LogP contribution in [0.15, 0.2) is 11.1 Å². The van der Waals surface area contributed by atoms with Crippen molar-refractivity contribution < 1.29 is 9.50 Å². The first-order valence-electron chi connectivity index (χ1n) is 5.13. The highest BCUT2D eigenvalue weighted by Crippen LogP contribution is 2.38. The zero-order valence-corrected chi connectivity index (χ0v) is 9.86. The van der Waals surface area contributed by atoms with E-state index < -0.39 is 11.4 Å². The highest BCUT2D eigenvalue weighted by molar-refractivity contribution is 8.00. The van der Waals surface area contributed by atoms with Crippen LogP contribution >= 0.6 is 11.8 Å². The smallest absolute Gasteiger partial charge is 0.352 e. The van der Waals surface area contributed by atoms with Gasteiger partial charge < -0.3 is 10.8 Å². The lowest BCUT2D eigenvalue weighted by Crippen LogP contribution is -2.36. The van der Waals surface area contributed by atoms with Crippen molar-refractivity contribution in [3.63, 3.8) is 0 Å². The fraction of sp³-hybridized carbons (Fsp3) is 0.667. The number of hydrogen-bond donors (Lipinski definition) is 2. The minimum atomic E-state index is -1.50. The summed E-state index contributed by atoms with van der Waals surface area (Å²) in [5.41, 5.74) is 3.14. The van der Waals surface area contributed by atoms with Gasteiger partial charge in [0.05, 0.1) is 13.2 Å². The summed E-state index contributed by atoms with van der Waals surface area (Å²) in [4.78, 5) is 18.5. The molecule has 0 aliphatic carbocycles. The quantitative estimate of drug-likeness (QED) is 0.755. The van der Waals surface area contributed by atoms with Crippen LogP contribution in [0.4, 0.5) is 10.3 Å². The van der Waals surface area contributed by atoms with Gasteiger partial charge in [0, 0.05) is 11.0 Å². The number of aliphatic hydroxyl groups excluding tert-OH is 1. The van der Waals surface area contributed by atoms with Crippen molar-refractivity contribution in [1.29, 1.82) is 0 Å². The Morgan fingerprint density at radius 2 is 2.53 bits per heavy atom. The minimum absolute atomic E-state index is 0.0521. The zero-order valence-electron chi connectivity index (χ0n) is 9.04. The van der Waals surface area contributed by atoms with Gasteiger partial charge in [-0.05, 0) is 6.42 Å². The number of anilines is 1. The molecule has 0 radical (unpaired) electrons. The average Bonchev–Trinajstić information content (AvgIpc) is 2.65. The second kappa shape index (κ2) is 4.61. The molecular weight excluding hydrogens is 247 g/mol. The summed E-state index contributed by atoms with van der Waals surface area (Å²) in [6, 6.07) is 0. The Hall–Kier alpha value is -1.15. The Kier molecular flexibility index (Phi) is 3.34. The third-order valence-corrected chi connectivity index (χ3v) is 4.09. The number of thioether (sulfide) groups is 1. The number of nitrogens with zero attached hydrogens (tertiary/aromatic N) is 3. The molecule has 1 aliphatic rings. The lowest BCUT2D eigenvalue weighted by Gasteiger charge is -2.19. The summed E-state index contributed by atoms with van der Waals surface area (Å²) < 4.78 is 15.4. The average molecular weight is 260 g/mol. The molecule has 3 N–H and O–H groups in total. The summed E-state index contributed by atoms with van der Waals surface area (Å²) in [5.74, 6) is 0.142. The molecule has 2 heterocycles. The highest BCUT2D eigenvalue weighted by Gasteiger charge is 2.40. The van der Waals surface area contributed by atoms with Crippen LogP contribution in [0.3, 0.4) is 0 Å². The molecule has 2 rings (SSSR count). The van der Waals surface area contributed by atoms with Crippen LogP contribution < -0.4 is 11.4 Å². The van der Waals surface area contributed by atoms with Gasteiger partial charge in [0.2, 0.25) is 5.95 Å². The number of hydrogen-bond acceptors (Lipinski definition) is 6. The molecule has 0 unspecified atom stereocenters. The van der Waals surface area contributed by atoms with Gasteiger partial charge in [-0.1, -0.05) is 0 Å². The molecule has 0 amide bonds.